The number of methoxy groups -OCH3 is 1. The van der Waals surface area contributed by atoms with E-state index in [1.165, 1.54) is 0 Å². The molecule has 0 aromatic carbocycles. The summed E-state index contributed by atoms with van der Waals surface area (Å²) in [4.78, 5) is 21.0. The molecule has 1 fully saturated rings. The topological polar surface area (TPSA) is 50.6 Å². The molecule has 1 saturated heterocycles. The zero-order chi connectivity index (χ0) is 16.8. The lowest BCUT2D eigenvalue weighted by molar-refractivity contribution is 0.186. The van der Waals surface area contributed by atoms with Crippen molar-refractivity contribution in [2.45, 2.75) is 13.1 Å². The summed E-state index contributed by atoms with van der Waals surface area (Å²) in [6, 6.07) is 9.60. The molecule has 0 atom stereocenters. The molecule has 6 heteroatoms. The van der Waals surface area contributed by atoms with Crippen molar-refractivity contribution >= 4 is 5.82 Å². The van der Waals surface area contributed by atoms with Crippen molar-refractivity contribution < 1.29 is 4.74 Å². The summed E-state index contributed by atoms with van der Waals surface area (Å²) >= 11 is 0. The van der Waals surface area contributed by atoms with Crippen LogP contribution >= 0.6 is 0 Å². The third-order valence-electron chi connectivity index (χ3n) is 4.33. The number of rotatable bonds is 6. The Morgan fingerprint density at radius 3 is 2.67 bits per heavy atom. The molecular weight excluding hydrogens is 304 g/mol. The molecule has 0 radical (unpaired) electrons. The minimum Gasteiger partial charge on any atom is -0.383 e. The molecule has 0 amide bonds. The van der Waals surface area contributed by atoms with E-state index in [0.29, 0.717) is 13.2 Å². The molecule has 1 aliphatic heterocycles. The largest absolute Gasteiger partial charge is 0.383 e. The molecule has 2 aromatic heterocycles. The average molecular weight is 328 g/mol. The quantitative estimate of drug-likeness (QED) is 0.798. The van der Waals surface area contributed by atoms with Crippen molar-refractivity contribution in [1.82, 2.24) is 14.5 Å². The summed E-state index contributed by atoms with van der Waals surface area (Å²) in [5, 5.41) is 0. The van der Waals surface area contributed by atoms with Crippen LogP contribution in [0.1, 0.15) is 5.56 Å². The monoisotopic (exact) mass is 328 g/mol. The fourth-order valence-electron chi connectivity index (χ4n) is 2.97. The van der Waals surface area contributed by atoms with Crippen LogP contribution in [0.5, 0.6) is 0 Å². The number of aromatic nitrogens is 2. The van der Waals surface area contributed by atoms with Crippen LogP contribution in [-0.2, 0) is 17.8 Å². The smallest absolute Gasteiger partial charge is 0.250 e. The number of piperazine rings is 1. The second-order valence-electron chi connectivity index (χ2n) is 6.01. The maximum atomic E-state index is 11.8. The van der Waals surface area contributed by atoms with Crippen molar-refractivity contribution in [2.75, 3.05) is 44.8 Å². The fourth-order valence-corrected chi connectivity index (χ4v) is 2.97. The lowest BCUT2D eigenvalue weighted by Gasteiger charge is -2.35. The van der Waals surface area contributed by atoms with Gasteiger partial charge in [-0.3, -0.25) is 9.69 Å². The minimum absolute atomic E-state index is 0.0239. The van der Waals surface area contributed by atoms with Crippen LogP contribution in [-0.4, -0.2) is 54.3 Å². The highest BCUT2D eigenvalue weighted by Gasteiger charge is 2.18. The van der Waals surface area contributed by atoms with Crippen molar-refractivity contribution in [3.05, 3.63) is 58.6 Å². The molecule has 2 aromatic rings. The van der Waals surface area contributed by atoms with Gasteiger partial charge in [0.1, 0.15) is 5.82 Å². The predicted octanol–water partition coefficient (Wildman–Crippen LogP) is 1.21. The number of hydrogen-bond donors (Lipinski definition) is 0. The van der Waals surface area contributed by atoms with Crippen molar-refractivity contribution in [3.8, 4) is 0 Å². The minimum atomic E-state index is 0.0239. The Morgan fingerprint density at radius 2 is 1.96 bits per heavy atom. The van der Waals surface area contributed by atoms with Gasteiger partial charge in [0.25, 0.3) is 5.56 Å². The summed E-state index contributed by atoms with van der Waals surface area (Å²) < 4.78 is 6.79. The molecule has 3 heterocycles. The number of hydrogen-bond acceptors (Lipinski definition) is 5. The Hall–Kier alpha value is -2.18. The van der Waals surface area contributed by atoms with Gasteiger partial charge in [-0.05, 0) is 17.7 Å². The van der Waals surface area contributed by atoms with Crippen molar-refractivity contribution in [2.24, 2.45) is 0 Å². The first-order chi connectivity index (χ1) is 11.8. The first-order valence-corrected chi connectivity index (χ1v) is 8.33. The second kappa shape index (κ2) is 8.08. The first kappa shape index (κ1) is 16.7. The molecule has 0 N–H and O–H groups in total. The van der Waals surface area contributed by atoms with E-state index in [0.717, 1.165) is 44.1 Å². The normalized spacial score (nSPS) is 15.6. The van der Waals surface area contributed by atoms with Gasteiger partial charge in [-0.15, -0.1) is 0 Å². The molecule has 0 bridgehead atoms. The summed E-state index contributed by atoms with van der Waals surface area (Å²) in [5.74, 6) is 1.05. The summed E-state index contributed by atoms with van der Waals surface area (Å²) in [7, 11) is 1.65. The number of anilines is 1. The molecular formula is C18H24N4O2. The van der Waals surface area contributed by atoms with E-state index in [2.05, 4.69) is 20.9 Å². The summed E-state index contributed by atoms with van der Waals surface area (Å²) in [6.45, 7) is 5.94. The van der Waals surface area contributed by atoms with Crippen LogP contribution in [0, 0.1) is 0 Å². The van der Waals surface area contributed by atoms with E-state index in [9.17, 15) is 4.79 Å². The number of ether oxygens (including phenoxy) is 1. The molecule has 0 aliphatic carbocycles. The van der Waals surface area contributed by atoms with Gasteiger partial charge in [-0.1, -0.05) is 12.1 Å². The molecule has 6 nitrogen and oxygen atoms in total. The Balaban J connectivity index is 1.57. The second-order valence-corrected chi connectivity index (χ2v) is 6.01. The standard InChI is InChI=1S/C18H24N4O2/c1-24-13-12-22-15-16(5-6-18(22)23)14-20-8-10-21(11-9-20)17-4-2-3-7-19-17/h2-7,15H,8-14H2,1H3. The molecule has 1 aliphatic rings. The predicted molar refractivity (Wildman–Crippen MR) is 94.3 cm³/mol. The van der Waals surface area contributed by atoms with E-state index in [1.54, 1.807) is 17.7 Å². The lowest BCUT2D eigenvalue weighted by atomic mass is 10.2. The van der Waals surface area contributed by atoms with E-state index in [-0.39, 0.29) is 5.56 Å². The zero-order valence-electron chi connectivity index (χ0n) is 14.1. The zero-order valence-corrected chi connectivity index (χ0v) is 14.1. The number of nitrogens with zero attached hydrogens (tertiary/aromatic N) is 4. The highest BCUT2D eigenvalue weighted by molar-refractivity contribution is 5.38. The van der Waals surface area contributed by atoms with Gasteiger partial charge < -0.3 is 14.2 Å². The van der Waals surface area contributed by atoms with Crippen LogP contribution in [0.4, 0.5) is 5.82 Å². The summed E-state index contributed by atoms with van der Waals surface area (Å²) in [5.41, 5.74) is 1.19. The van der Waals surface area contributed by atoms with Gasteiger partial charge in [0.2, 0.25) is 0 Å². The van der Waals surface area contributed by atoms with Crippen LogP contribution in [0.2, 0.25) is 0 Å². The first-order valence-electron chi connectivity index (χ1n) is 8.33. The molecule has 128 valence electrons. The Labute approximate surface area is 142 Å². The third kappa shape index (κ3) is 4.21. The van der Waals surface area contributed by atoms with Crippen LogP contribution in [0.15, 0.2) is 47.5 Å². The fraction of sp³-hybridized carbons (Fsp3) is 0.444. The van der Waals surface area contributed by atoms with Gasteiger partial charge >= 0.3 is 0 Å². The van der Waals surface area contributed by atoms with Gasteiger partial charge in [0, 0.05) is 64.8 Å². The van der Waals surface area contributed by atoms with Crippen molar-refractivity contribution in [1.29, 1.82) is 0 Å². The van der Waals surface area contributed by atoms with Gasteiger partial charge in [0.15, 0.2) is 0 Å². The SMILES string of the molecule is COCCn1cc(CN2CCN(c3ccccn3)CC2)ccc1=O. The Kier molecular flexibility index (Phi) is 5.61. The maximum absolute atomic E-state index is 11.8. The molecule has 24 heavy (non-hydrogen) atoms. The Bertz CT molecular complexity index is 694. The lowest BCUT2D eigenvalue weighted by Crippen LogP contribution is -2.46. The maximum Gasteiger partial charge on any atom is 0.250 e. The highest BCUT2D eigenvalue weighted by atomic mass is 16.5. The van der Waals surface area contributed by atoms with E-state index in [4.69, 9.17) is 4.74 Å². The van der Waals surface area contributed by atoms with Crippen molar-refractivity contribution in [3.63, 3.8) is 0 Å². The molecule has 3 rings (SSSR count). The van der Waals surface area contributed by atoms with Gasteiger partial charge in [-0.2, -0.15) is 0 Å². The number of pyridine rings is 2. The van der Waals surface area contributed by atoms with Gasteiger partial charge in [-0.25, -0.2) is 4.98 Å². The Morgan fingerprint density at radius 1 is 1.12 bits per heavy atom. The molecule has 0 spiro atoms. The van der Waals surface area contributed by atoms with Crippen LogP contribution in [0.25, 0.3) is 0 Å². The highest BCUT2D eigenvalue weighted by Crippen LogP contribution is 2.14. The van der Waals surface area contributed by atoms with Crippen LogP contribution < -0.4 is 10.5 Å². The van der Waals surface area contributed by atoms with Gasteiger partial charge in [0.05, 0.1) is 6.61 Å². The van der Waals surface area contributed by atoms with E-state index >= 15 is 0 Å². The third-order valence-corrected chi connectivity index (χ3v) is 4.33. The van der Waals surface area contributed by atoms with Crippen LogP contribution in [0.3, 0.4) is 0 Å². The van der Waals surface area contributed by atoms with E-state index < -0.39 is 0 Å². The summed E-state index contributed by atoms with van der Waals surface area (Å²) in [6.07, 6.45) is 3.79. The molecule has 0 saturated carbocycles. The van der Waals surface area contributed by atoms with E-state index in [1.807, 2.05) is 30.6 Å². The molecule has 0 unspecified atom stereocenters. The average Bonchev–Trinajstić information content (AvgIpc) is 2.63.